The van der Waals surface area contributed by atoms with Crippen LogP contribution in [0.25, 0.3) is 0 Å². The molecule has 0 saturated carbocycles. The molecule has 0 radical (unpaired) electrons. The first kappa shape index (κ1) is 25.5. The van der Waals surface area contributed by atoms with Gasteiger partial charge in [-0.25, -0.2) is 5.43 Å². The Morgan fingerprint density at radius 3 is 2.40 bits per heavy atom. The Morgan fingerprint density at radius 1 is 0.971 bits per heavy atom. The number of nitrogens with one attached hydrogen (secondary N) is 2. The van der Waals surface area contributed by atoms with Gasteiger partial charge in [0.15, 0.2) is 11.5 Å². The zero-order valence-corrected chi connectivity index (χ0v) is 20.6. The second kappa shape index (κ2) is 13.0. The maximum Gasteiger partial charge on any atom is 0.329 e. The number of nitrogens with zero attached hydrogens (tertiary/aromatic N) is 1. The molecule has 9 heteroatoms. The highest BCUT2D eigenvalue weighted by Gasteiger charge is 2.13. The van der Waals surface area contributed by atoms with Crippen molar-refractivity contribution in [1.29, 1.82) is 0 Å². The highest BCUT2D eigenvalue weighted by atomic mass is 79.9. The summed E-state index contributed by atoms with van der Waals surface area (Å²) >= 11 is 3.41. The van der Waals surface area contributed by atoms with Gasteiger partial charge >= 0.3 is 11.8 Å². The lowest BCUT2D eigenvalue weighted by atomic mass is 10.2. The summed E-state index contributed by atoms with van der Waals surface area (Å²) in [5.74, 6) is -0.0597. The summed E-state index contributed by atoms with van der Waals surface area (Å²) in [6.45, 7) is 4.33. The third-order valence-electron chi connectivity index (χ3n) is 4.56. The van der Waals surface area contributed by atoms with Crippen molar-refractivity contribution in [3.8, 4) is 17.2 Å². The summed E-state index contributed by atoms with van der Waals surface area (Å²) in [6.07, 6.45) is 3.03. The number of rotatable bonds is 10. The number of hydrogen-bond acceptors (Lipinski definition) is 6. The van der Waals surface area contributed by atoms with Crippen molar-refractivity contribution in [2.45, 2.75) is 6.61 Å². The van der Waals surface area contributed by atoms with Crippen LogP contribution in [0.4, 0.5) is 5.69 Å². The van der Waals surface area contributed by atoms with Crippen LogP contribution in [-0.2, 0) is 16.2 Å². The van der Waals surface area contributed by atoms with Gasteiger partial charge in [-0.2, -0.15) is 5.10 Å². The molecule has 2 amide bonds. The largest absolute Gasteiger partial charge is 0.493 e. The quantitative estimate of drug-likeness (QED) is 0.169. The number of hydrazone groups is 1. The molecule has 0 aliphatic carbocycles. The van der Waals surface area contributed by atoms with Crippen molar-refractivity contribution in [2.75, 3.05) is 19.0 Å². The molecule has 3 aromatic carbocycles. The molecule has 0 bridgehead atoms. The average Bonchev–Trinajstić information content (AvgIpc) is 2.88. The smallest absolute Gasteiger partial charge is 0.329 e. The van der Waals surface area contributed by atoms with Crippen LogP contribution in [0.2, 0.25) is 0 Å². The lowest BCUT2D eigenvalue weighted by Gasteiger charge is -2.11. The molecule has 0 unspecified atom stereocenters. The Kier molecular flexibility index (Phi) is 9.44. The number of halogens is 1. The normalized spacial score (nSPS) is 10.5. The Labute approximate surface area is 211 Å². The summed E-state index contributed by atoms with van der Waals surface area (Å²) in [4.78, 5) is 24.1. The van der Waals surface area contributed by atoms with Gasteiger partial charge in [-0.15, -0.1) is 0 Å². The molecule has 8 nitrogen and oxygen atoms in total. The lowest BCUT2D eigenvalue weighted by Crippen LogP contribution is -2.32. The van der Waals surface area contributed by atoms with Gasteiger partial charge in [0.05, 0.1) is 13.3 Å². The van der Waals surface area contributed by atoms with Gasteiger partial charge in [0, 0.05) is 10.2 Å². The summed E-state index contributed by atoms with van der Waals surface area (Å²) in [5, 5.41) is 6.33. The summed E-state index contributed by atoms with van der Waals surface area (Å²) in [7, 11) is 1.53. The van der Waals surface area contributed by atoms with E-state index in [4.69, 9.17) is 14.2 Å². The SMILES string of the molecule is C=CCOc1ccc(NC(=O)C(=O)N/N=C\c2ccc(OCc3ccc(Br)cc3)c(OC)c2)cc1. The van der Waals surface area contributed by atoms with Gasteiger partial charge < -0.3 is 19.5 Å². The number of methoxy groups -OCH3 is 1. The van der Waals surface area contributed by atoms with Crippen LogP contribution in [0.5, 0.6) is 17.2 Å². The van der Waals surface area contributed by atoms with Gasteiger partial charge in [0.1, 0.15) is 19.0 Å². The second-order valence-electron chi connectivity index (χ2n) is 7.10. The number of anilines is 1. The van der Waals surface area contributed by atoms with E-state index in [2.05, 4.69) is 38.4 Å². The fraction of sp³-hybridized carbons (Fsp3) is 0.115. The van der Waals surface area contributed by atoms with Crippen LogP contribution in [0.1, 0.15) is 11.1 Å². The van der Waals surface area contributed by atoms with Gasteiger partial charge in [0.2, 0.25) is 0 Å². The number of hydrogen-bond donors (Lipinski definition) is 2. The predicted molar refractivity (Wildman–Crippen MR) is 138 cm³/mol. The van der Waals surface area contributed by atoms with Crippen LogP contribution < -0.4 is 25.0 Å². The topological polar surface area (TPSA) is 98.2 Å². The monoisotopic (exact) mass is 537 g/mol. The van der Waals surface area contributed by atoms with Gasteiger partial charge in [0.25, 0.3) is 0 Å². The predicted octanol–water partition coefficient (Wildman–Crippen LogP) is 4.69. The molecule has 3 aromatic rings. The van der Waals surface area contributed by atoms with Crippen LogP contribution in [-0.4, -0.2) is 31.7 Å². The maximum atomic E-state index is 12.1. The number of carbonyl (C=O) groups excluding carboxylic acids is 2. The van der Waals surface area contributed by atoms with E-state index in [1.54, 1.807) is 48.5 Å². The fourth-order valence-electron chi connectivity index (χ4n) is 2.82. The van der Waals surface area contributed by atoms with Gasteiger partial charge in [-0.05, 0) is 65.7 Å². The van der Waals surface area contributed by atoms with Gasteiger partial charge in [-0.1, -0.05) is 40.7 Å². The Hall–Kier alpha value is -4.11. The maximum absolute atomic E-state index is 12.1. The third kappa shape index (κ3) is 8.01. The van der Waals surface area contributed by atoms with Crippen molar-refractivity contribution in [1.82, 2.24) is 5.43 Å². The van der Waals surface area contributed by atoms with Crippen molar-refractivity contribution >= 4 is 39.6 Å². The van der Waals surface area contributed by atoms with E-state index in [1.807, 2.05) is 24.3 Å². The molecule has 0 saturated heterocycles. The van der Waals surface area contributed by atoms with Crippen LogP contribution >= 0.6 is 15.9 Å². The first-order valence-electron chi connectivity index (χ1n) is 10.5. The minimum Gasteiger partial charge on any atom is -0.493 e. The molecule has 0 aliphatic rings. The fourth-order valence-corrected chi connectivity index (χ4v) is 3.08. The van der Waals surface area contributed by atoms with Crippen molar-refractivity contribution < 1.29 is 23.8 Å². The Balaban J connectivity index is 1.52. The number of carbonyl (C=O) groups is 2. The minimum atomic E-state index is -0.908. The van der Waals surface area contributed by atoms with E-state index in [-0.39, 0.29) is 0 Å². The molecule has 35 heavy (non-hydrogen) atoms. The number of amides is 2. The molecule has 3 rings (SSSR count). The molecular formula is C26H24BrN3O5. The summed E-state index contributed by atoms with van der Waals surface area (Å²) < 4.78 is 17.6. The van der Waals surface area contributed by atoms with Gasteiger partial charge in [-0.3, -0.25) is 9.59 Å². The van der Waals surface area contributed by atoms with Crippen molar-refractivity contribution in [3.63, 3.8) is 0 Å². The van der Waals surface area contributed by atoms with E-state index in [1.165, 1.54) is 13.3 Å². The minimum absolute atomic E-state index is 0.375. The Morgan fingerprint density at radius 2 is 1.71 bits per heavy atom. The van der Waals surface area contributed by atoms with E-state index in [0.29, 0.717) is 41.7 Å². The molecule has 0 spiro atoms. The van der Waals surface area contributed by atoms with E-state index >= 15 is 0 Å². The zero-order valence-electron chi connectivity index (χ0n) is 19.0. The van der Waals surface area contributed by atoms with E-state index < -0.39 is 11.8 Å². The van der Waals surface area contributed by atoms with E-state index in [9.17, 15) is 9.59 Å². The lowest BCUT2D eigenvalue weighted by molar-refractivity contribution is -0.136. The molecule has 0 aliphatic heterocycles. The average molecular weight is 538 g/mol. The molecule has 0 fully saturated rings. The number of benzene rings is 3. The summed E-state index contributed by atoms with van der Waals surface area (Å²) in [5.41, 5.74) is 4.31. The Bertz CT molecular complexity index is 1190. The molecule has 0 heterocycles. The molecule has 0 aromatic heterocycles. The first-order chi connectivity index (χ1) is 17.0. The highest BCUT2D eigenvalue weighted by Crippen LogP contribution is 2.28. The molecule has 2 N–H and O–H groups in total. The van der Waals surface area contributed by atoms with Crippen LogP contribution in [0.3, 0.4) is 0 Å². The van der Waals surface area contributed by atoms with Crippen LogP contribution in [0.15, 0.2) is 89.0 Å². The second-order valence-corrected chi connectivity index (χ2v) is 8.02. The van der Waals surface area contributed by atoms with E-state index in [0.717, 1.165) is 10.0 Å². The first-order valence-corrected chi connectivity index (χ1v) is 11.3. The van der Waals surface area contributed by atoms with Crippen LogP contribution in [0, 0.1) is 0 Å². The zero-order chi connectivity index (χ0) is 25.0. The third-order valence-corrected chi connectivity index (χ3v) is 5.09. The van der Waals surface area contributed by atoms with Crippen molar-refractivity contribution in [2.24, 2.45) is 5.10 Å². The van der Waals surface area contributed by atoms with Crippen molar-refractivity contribution in [3.05, 3.63) is 95.0 Å². The number of ether oxygens (including phenoxy) is 3. The molecule has 180 valence electrons. The molecule has 0 atom stereocenters. The highest BCUT2D eigenvalue weighted by molar-refractivity contribution is 9.10. The standard InChI is InChI=1S/C26H24BrN3O5/c1-3-14-34-22-11-9-21(10-12-22)29-25(31)26(32)30-28-16-19-6-13-23(24(15-19)33-2)35-17-18-4-7-20(27)8-5-18/h3-13,15-16H,1,14,17H2,2H3,(H,29,31)(H,30,32)/b28-16-. The summed E-state index contributed by atoms with van der Waals surface area (Å²) in [6, 6.07) is 19.6. The molecular weight excluding hydrogens is 514 g/mol.